The Labute approximate surface area is 89.7 Å². The van der Waals surface area contributed by atoms with Gasteiger partial charge in [0.1, 0.15) is 0 Å². The maximum Gasteiger partial charge on any atom is 0.0204 e. The van der Waals surface area contributed by atoms with E-state index in [-0.39, 0.29) is 0 Å². The van der Waals surface area contributed by atoms with Crippen LogP contribution in [0.4, 0.5) is 0 Å². The summed E-state index contributed by atoms with van der Waals surface area (Å²) in [7, 11) is 0. The lowest BCUT2D eigenvalue weighted by molar-refractivity contribution is 0.160. The minimum absolute atomic E-state index is 0.461. The summed E-state index contributed by atoms with van der Waals surface area (Å²) < 4.78 is 0. The maximum absolute atomic E-state index is 3.79. The quantitative estimate of drug-likeness (QED) is 0.726. The molecule has 1 N–H and O–H groups in total. The second-order valence-corrected chi connectivity index (χ2v) is 5.63. The van der Waals surface area contributed by atoms with E-state index in [4.69, 9.17) is 0 Å². The first-order valence-corrected chi connectivity index (χ1v) is 6.32. The molecule has 1 aliphatic heterocycles. The zero-order valence-corrected chi connectivity index (χ0v) is 10.4. The standard InChI is InChI=1S/C13H27N/c1-11(2)7-9-13(12(3)4)8-5-6-10-14-13/h11-12,14H,5-10H2,1-4H3. The molecule has 1 saturated heterocycles. The van der Waals surface area contributed by atoms with E-state index in [0.717, 1.165) is 11.8 Å². The molecule has 0 aromatic rings. The van der Waals surface area contributed by atoms with Crippen LogP contribution < -0.4 is 5.32 Å². The van der Waals surface area contributed by atoms with Crippen molar-refractivity contribution in [1.82, 2.24) is 5.32 Å². The number of piperidine rings is 1. The van der Waals surface area contributed by atoms with Gasteiger partial charge in [0.15, 0.2) is 0 Å². The number of rotatable bonds is 4. The fraction of sp³-hybridized carbons (Fsp3) is 1.00. The first-order chi connectivity index (χ1) is 6.57. The highest BCUT2D eigenvalue weighted by Crippen LogP contribution is 2.32. The van der Waals surface area contributed by atoms with Gasteiger partial charge >= 0.3 is 0 Å². The molecule has 14 heavy (non-hydrogen) atoms. The van der Waals surface area contributed by atoms with Crippen molar-refractivity contribution in [3.05, 3.63) is 0 Å². The SMILES string of the molecule is CC(C)CCC1(C(C)C)CCCCN1. The molecule has 1 unspecified atom stereocenters. The van der Waals surface area contributed by atoms with Crippen LogP contribution in [0.5, 0.6) is 0 Å². The number of hydrogen-bond acceptors (Lipinski definition) is 1. The number of hydrogen-bond donors (Lipinski definition) is 1. The van der Waals surface area contributed by atoms with Gasteiger partial charge in [-0.05, 0) is 44.1 Å². The summed E-state index contributed by atoms with van der Waals surface area (Å²) in [6.45, 7) is 10.6. The van der Waals surface area contributed by atoms with Gasteiger partial charge in [-0.2, -0.15) is 0 Å². The van der Waals surface area contributed by atoms with Crippen LogP contribution in [0, 0.1) is 11.8 Å². The van der Waals surface area contributed by atoms with Crippen LogP contribution in [0.2, 0.25) is 0 Å². The van der Waals surface area contributed by atoms with Gasteiger partial charge in [-0.25, -0.2) is 0 Å². The molecule has 0 aromatic heterocycles. The number of nitrogens with one attached hydrogen (secondary N) is 1. The molecule has 1 atom stereocenters. The van der Waals surface area contributed by atoms with E-state index < -0.39 is 0 Å². The summed E-state index contributed by atoms with van der Waals surface area (Å²) in [4.78, 5) is 0. The van der Waals surface area contributed by atoms with E-state index in [9.17, 15) is 0 Å². The minimum Gasteiger partial charge on any atom is -0.311 e. The van der Waals surface area contributed by atoms with Crippen molar-refractivity contribution < 1.29 is 0 Å². The average molecular weight is 197 g/mol. The Balaban J connectivity index is 2.52. The van der Waals surface area contributed by atoms with E-state index in [1.54, 1.807) is 0 Å². The third kappa shape index (κ3) is 2.98. The summed E-state index contributed by atoms with van der Waals surface area (Å²) in [5.41, 5.74) is 0.461. The van der Waals surface area contributed by atoms with Gasteiger partial charge in [-0.3, -0.25) is 0 Å². The molecule has 0 aliphatic carbocycles. The molecular weight excluding hydrogens is 170 g/mol. The summed E-state index contributed by atoms with van der Waals surface area (Å²) in [6.07, 6.45) is 6.91. The van der Waals surface area contributed by atoms with Crippen molar-refractivity contribution in [2.75, 3.05) is 6.54 Å². The Hall–Kier alpha value is -0.0400. The Morgan fingerprint density at radius 1 is 1.14 bits per heavy atom. The molecule has 0 radical (unpaired) electrons. The lowest BCUT2D eigenvalue weighted by Crippen LogP contribution is -2.52. The average Bonchev–Trinajstić information content (AvgIpc) is 2.16. The molecule has 0 spiro atoms. The molecule has 0 saturated carbocycles. The fourth-order valence-electron chi connectivity index (χ4n) is 2.53. The molecule has 84 valence electrons. The zero-order chi connectivity index (χ0) is 10.6. The van der Waals surface area contributed by atoms with Crippen molar-refractivity contribution in [1.29, 1.82) is 0 Å². The van der Waals surface area contributed by atoms with Crippen LogP contribution in [0.25, 0.3) is 0 Å². The molecular formula is C13H27N. The van der Waals surface area contributed by atoms with Gasteiger partial charge < -0.3 is 5.32 Å². The van der Waals surface area contributed by atoms with Crippen molar-refractivity contribution in [2.45, 2.75) is 65.3 Å². The highest BCUT2D eigenvalue weighted by Gasteiger charge is 2.34. The first-order valence-electron chi connectivity index (χ1n) is 6.32. The first kappa shape index (κ1) is 12.0. The lowest BCUT2D eigenvalue weighted by Gasteiger charge is -2.42. The maximum atomic E-state index is 3.79. The van der Waals surface area contributed by atoms with Gasteiger partial charge in [-0.15, -0.1) is 0 Å². The molecule has 1 nitrogen and oxygen atoms in total. The van der Waals surface area contributed by atoms with E-state index >= 15 is 0 Å². The second kappa shape index (κ2) is 5.16. The van der Waals surface area contributed by atoms with Gasteiger partial charge in [0, 0.05) is 5.54 Å². The smallest absolute Gasteiger partial charge is 0.0204 e. The summed E-state index contributed by atoms with van der Waals surface area (Å²) in [5, 5.41) is 3.79. The molecule has 1 fully saturated rings. The van der Waals surface area contributed by atoms with Crippen molar-refractivity contribution in [3.8, 4) is 0 Å². The van der Waals surface area contributed by atoms with E-state index in [1.807, 2.05) is 0 Å². The molecule has 0 aromatic carbocycles. The predicted octanol–water partition coefficient (Wildman–Crippen LogP) is 3.59. The summed E-state index contributed by atoms with van der Waals surface area (Å²) in [6, 6.07) is 0. The Morgan fingerprint density at radius 2 is 1.86 bits per heavy atom. The van der Waals surface area contributed by atoms with Crippen molar-refractivity contribution >= 4 is 0 Å². The zero-order valence-electron chi connectivity index (χ0n) is 10.4. The van der Waals surface area contributed by atoms with Gasteiger partial charge in [0.05, 0.1) is 0 Å². The lowest BCUT2D eigenvalue weighted by atomic mass is 9.75. The molecule has 1 heteroatoms. The fourth-order valence-corrected chi connectivity index (χ4v) is 2.53. The predicted molar refractivity (Wildman–Crippen MR) is 63.5 cm³/mol. The highest BCUT2D eigenvalue weighted by atomic mass is 15.0. The molecule has 1 heterocycles. The van der Waals surface area contributed by atoms with Gasteiger partial charge in [0.25, 0.3) is 0 Å². The van der Waals surface area contributed by atoms with E-state index in [1.165, 1.54) is 38.6 Å². The van der Waals surface area contributed by atoms with Gasteiger partial charge in [-0.1, -0.05) is 34.1 Å². The molecule has 1 rings (SSSR count). The second-order valence-electron chi connectivity index (χ2n) is 5.63. The van der Waals surface area contributed by atoms with Crippen LogP contribution in [-0.4, -0.2) is 12.1 Å². The Kier molecular flexibility index (Phi) is 4.43. The normalized spacial score (nSPS) is 28.7. The van der Waals surface area contributed by atoms with Gasteiger partial charge in [0.2, 0.25) is 0 Å². The molecule has 1 aliphatic rings. The van der Waals surface area contributed by atoms with Crippen molar-refractivity contribution in [3.63, 3.8) is 0 Å². The van der Waals surface area contributed by atoms with Crippen LogP contribution in [-0.2, 0) is 0 Å². The van der Waals surface area contributed by atoms with E-state index in [2.05, 4.69) is 33.0 Å². The van der Waals surface area contributed by atoms with Crippen molar-refractivity contribution in [2.24, 2.45) is 11.8 Å². The Bertz CT molecular complexity index is 155. The summed E-state index contributed by atoms with van der Waals surface area (Å²) >= 11 is 0. The third-order valence-electron chi connectivity index (χ3n) is 3.80. The summed E-state index contributed by atoms with van der Waals surface area (Å²) in [5.74, 6) is 1.62. The largest absolute Gasteiger partial charge is 0.311 e. The Morgan fingerprint density at radius 3 is 2.29 bits per heavy atom. The van der Waals surface area contributed by atoms with Crippen LogP contribution in [0.15, 0.2) is 0 Å². The van der Waals surface area contributed by atoms with E-state index in [0.29, 0.717) is 5.54 Å². The van der Waals surface area contributed by atoms with Crippen LogP contribution in [0.1, 0.15) is 59.8 Å². The van der Waals surface area contributed by atoms with Crippen LogP contribution in [0.3, 0.4) is 0 Å². The molecule has 0 bridgehead atoms. The third-order valence-corrected chi connectivity index (χ3v) is 3.80. The van der Waals surface area contributed by atoms with Crippen LogP contribution >= 0.6 is 0 Å². The topological polar surface area (TPSA) is 12.0 Å². The highest BCUT2D eigenvalue weighted by molar-refractivity contribution is 4.93. The molecule has 0 amide bonds. The minimum atomic E-state index is 0.461. The monoisotopic (exact) mass is 197 g/mol.